The molecule has 6 nitrogen and oxygen atoms in total. The molecule has 8 heteroatoms. The number of fused-ring (bicyclic) bond motifs is 7. The number of halogens is 2. The molecule has 4 fully saturated rings. The number of rotatable bonds is 2. The van der Waals surface area contributed by atoms with Crippen LogP contribution in [0.2, 0.25) is 0 Å². The van der Waals surface area contributed by atoms with Gasteiger partial charge in [0.1, 0.15) is 6.17 Å². The second-order valence-corrected chi connectivity index (χ2v) is 11.8. The Morgan fingerprint density at radius 1 is 1.22 bits per heavy atom. The van der Waals surface area contributed by atoms with Crippen molar-refractivity contribution in [3.05, 3.63) is 53.6 Å². The fourth-order valence-corrected chi connectivity index (χ4v) is 8.55. The second kappa shape index (κ2) is 7.25. The third-order valence-electron chi connectivity index (χ3n) is 10.2. The molecule has 2 N–H and O–H groups in total. The van der Waals surface area contributed by atoms with Crippen LogP contribution in [-0.4, -0.2) is 52.1 Å². The van der Waals surface area contributed by atoms with Gasteiger partial charge < -0.3 is 10.2 Å². The number of nitrogens with zero attached hydrogens (tertiary/aromatic N) is 1. The third-order valence-corrected chi connectivity index (χ3v) is 10.2. The smallest absolute Gasteiger partial charge is 0.339 e. The van der Waals surface area contributed by atoms with Crippen molar-refractivity contribution in [1.29, 1.82) is 0 Å². The number of carboxylic acids is 1. The largest absolute Gasteiger partial charge is 0.479 e. The Balaban J connectivity index is 1.44. The SMILES string of the molecule is Cc1cccc(N2C[C@@H]3C[C@H]4[C@@H]5C[C@H](F)C6=CC(=O)C=C[C@]6(C)[C@@]5(F)[C@@H](O)C[C@]4(C)[C@]3(C(=O)O)O2)c1. The number of carbonyl (C=O) groups is 2. The van der Waals surface area contributed by atoms with Gasteiger partial charge in [0.2, 0.25) is 5.60 Å². The van der Waals surface area contributed by atoms with E-state index in [9.17, 15) is 19.8 Å². The lowest BCUT2D eigenvalue weighted by Gasteiger charge is -2.62. The topological polar surface area (TPSA) is 87.1 Å². The Labute approximate surface area is 208 Å². The van der Waals surface area contributed by atoms with Crippen molar-refractivity contribution in [2.24, 2.45) is 28.6 Å². The van der Waals surface area contributed by atoms with Crippen LogP contribution in [0.1, 0.15) is 38.7 Å². The first-order chi connectivity index (χ1) is 16.9. The molecule has 0 radical (unpaired) electrons. The fourth-order valence-electron chi connectivity index (χ4n) is 8.55. The molecule has 1 aromatic rings. The lowest BCUT2D eigenvalue weighted by molar-refractivity contribution is -0.233. The summed E-state index contributed by atoms with van der Waals surface area (Å²) in [6.45, 7) is 5.55. The molecule has 192 valence electrons. The summed E-state index contributed by atoms with van der Waals surface area (Å²) in [5.41, 5.74) is -4.74. The van der Waals surface area contributed by atoms with Crippen LogP contribution in [0, 0.1) is 35.5 Å². The number of ketones is 1. The first-order valence-electron chi connectivity index (χ1n) is 12.6. The predicted octanol–water partition coefficient (Wildman–Crippen LogP) is 4.11. The molecule has 0 spiro atoms. The van der Waals surface area contributed by atoms with Crippen molar-refractivity contribution >= 4 is 17.4 Å². The number of aryl methyl sites for hydroxylation is 1. The highest BCUT2D eigenvalue weighted by Crippen LogP contribution is 2.72. The van der Waals surface area contributed by atoms with E-state index in [1.165, 1.54) is 12.2 Å². The summed E-state index contributed by atoms with van der Waals surface area (Å²) in [5, 5.41) is 23.7. The van der Waals surface area contributed by atoms with Crippen molar-refractivity contribution in [1.82, 2.24) is 0 Å². The average molecular weight is 500 g/mol. The Morgan fingerprint density at radius 3 is 2.67 bits per heavy atom. The lowest BCUT2D eigenvalue weighted by Crippen LogP contribution is -2.70. The normalized spacial score (nSPS) is 47.1. The molecule has 1 aromatic carbocycles. The number of aliphatic carboxylic acids is 1. The van der Waals surface area contributed by atoms with Crippen LogP contribution in [0.4, 0.5) is 14.5 Å². The molecule has 1 saturated heterocycles. The van der Waals surface area contributed by atoms with Gasteiger partial charge in [-0.25, -0.2) is 13.6 Å². The molecule has 0 unspecified atom stereocenters. The second-order valence-electron chi connectivity index (χ2n) is 11.8. The van der Waals surface area contributed by atoms with Crippen molar-refractivity contribution in [3.8, 4) is 0 Å². The third kappa shape index (κ3) is 2.62. The number of benzene rings is 1. The zero-order chi connectivity index (χ0) is 25.8. The van der Waals surface area contributed by atoms with E-state index in [0.29, 0.717) is 13.0 Å². The van der Waals surface area contributed by atoms with Gasteiger partial charge >= 0.3 is 5.97 Å². The Bertz CT molecular complexity index is 1230. The number of hydroxylamine groups is 1. The van der Waals surface area contributed by atoms with Gasteiger partial charge in [-0.3, -0.25) is 14.7 Å². The molecule has 6 rings (SSSR count). The summed E-state index contributed by atoms with van der Waals surface area (Å²) < 4.78 is 32.9. The highest BCUT2D eigenvalue weighted by atomic mass is 19.1. The highest BCUT2D eigenvalue weighted by molar-refractivity contribution is 6.01. The summed E-state index contributed by atoms with van der Waals surface area (Å²) in [4.78, 5) is 31.3. The number of carboxylic acid groups (broad SMARTS) is 1. The van der Waals surface area contributed by atoms with Crippen LogP contribution >= 0.6 is 0 Å². The number of alkyl halides is 2. The fraction of sp³-hybridized carbons (Fsp3) is 0.571. The minimum absolute atomic E-state index is 0.0596. The van der Waals surface area contributed by atoms with Crippen LogP contribution in [-0.2, 0) is 14.4 Å². The number of hydrogen-bond donors (Lipinski definition) is 2. The molecular weight excluding hydrogens is 468 g/mol. The standard InChI is InChI=1S/C28H31F2NO5/c1-15-5-4-6-17(9-15)31-14-16-10-19-20-12-22(29)21-11-18(32)7-8-25(21,2)27(20,30)23(33)13-26(19,3)28(16,36-31)24(34)35/h4-9,11,16,19-20,22-23,33H,10,12-14H2,1-3H3,(H,34,35)/t16-,19-,20-,22-,23-,25-,26-,27-,28-/m0/s1. The van der Waals surface area contributed by atoms with Gasteiger partial charge in [-0.15, -0.1) is 0 Å². The molecule has 1 aliphatic heterocycles. The van der Waals surface area contributed by atoms with Crippen LogP contribution in [0.15, 0.2) is 48.1 Å². The quantitative estimate of drug-likeness (QED) is 0.637. The number of anilines is 1. The van der Waals surface area contributed by atoms with E-state index in [-0.39, 0.29) is 18.4 Å². The minimum atomic E-state index is -2.24. The van der Waals surface area contributed by atoms with E-state index < -0.39 is 63.9 Å². The molecule has 0 amide bonds. The maximum atomic E-state index is 17.3. The van der Waals surface area contributed by atoms with Gasteiger partial charge in [-0.1, -0.05) is 25.1 Å². The average Bonchev–Trinajstić information content (AvgIpc) is 3.31. The van der Waals surface area contributed by atoms with Crippen LogP contribution in [0.3, 0.4) is 0 Å². The number of hydrogen-bond acceptors (Lipinski definition) is 5. The van der Waals surface area contributed by atoms with Gasteiger partial charge in [0.15, 0.2) is 11.5 Å². The summed E-state index contributed by atoms with van der Waals surface area (Å²) in [7, 11) is 0. The van der Waals surface area contributed by atoms with Crippen molar-refractivity contribution < 1.29 is 33.4 Å². The van der Waals surface area contributed by atoms with E-state index in [1.54, 1.807) is 18.9 Å². The molecule has 36 heavy (non-hydrogen) atoms. The number of aliphatic hydroxyl groups excluding tert-OH is 1. The van der Waals surface area contributed by atoms with Gasteiger partial charge in [0, 0.05) is 22.7 Å². The first kappa shape index (κ1) is 23.8. The minimum Gasteiger partial charge on any atom is -0.479 e. The molecule has 0 aromatic heterocycles. The van der Waals surface area contributed by atoms with Gasteiger partial charge in [0.25, 0.3) is 0 Å². The number of carbonyl (C=O) groups excluding carboxylic acids is 1. The molecule has 4 aliphatic carbocycles. The van der Waals surface area contributed by atoms with E-state index in [4.69, 9.17) is 4.84 Å². The summed E-state index contributed by atoms with van der Waals surface area (Å²) in [5.74, 6) is -3.46. The van der Waals surface area contributed by atoms with E-state index in [0.717, 1.165) is 17.3 Å². The first-order valence-corrected chi connectivity index (χ1v) is 12.6. The maximum absolute atomic E-state index is 17.3. The maximum Gasteiger partial charge on any atom is 0.339 e. The van der Waals surface area contributed by atoms with E-state index in [1.807, 2.05) is 31.2 Å². The highest BCUT2D eigenvalue weighted by Gasteiger charge is 2.80. The Hall–Kier alpha value is -2.58. The summed E-state index contributed by atoms with van der Waals surface area (Å²) in [6, 6.07) is 7.58. The van der Waals surface area contributed by atoms with Gasteiger partial charge in [0.05, 0.1) is 18.3 Å². The van der Waals surface area contributed by atoms with Gasteiger partial charge in [-0.05, 0) is 74.4 Å². The summed E-state index contributed by atoms with van der Waals surface area (Å²) in [6.07, 6.45) is 0.676. The van der Waals surface area contributed by atoms with Crippen LogP contribution < -0.4 is 5.06 Å². The zero-order valence-electron chi connectivity index (χ0n) is 20.6. The molecule has 5 aliphatic rings. The van der Waals surface area contributed by atoms with E-state index in [2.05, 4.69) is 0 Å². The lowest BCUT2D eigenvalue weighted by atomic mass is 9.44. The molecule has 0 bridgehead atoms. The van der Waals surface area contributed by atoms with Gasteiger partial charge in [-0.2, -0.15) is 0 Å². The van der Waals surface area contributed by atoms with Crippen LogP contribution in [0.5, 0.6) is 0 Å². The summed E-state index contributed by atoms with van der Waals surface area (Å²) >= 11 is 0. The number of allylic oxidation sites excluding steroid dienone is 4. The molecule has 9 atom stereocenters. The predicted molar refractivity (Wildman–Crippen MR) is 127 cm³/mol. The van der Waals surface area contributed by atoms with E-state index >= 15 is 8.78 Å². The van der Waals surface area contributed by atoms with Crippen LogP contribution in [0.25, 0.3) is 0 Å². The number of aliphatic hydroxyl groups is 1. The van der Waals surface area contributed by atoms with Crippen molar-refractivity contribution in [2.45, 2.75) is 63.6 Å². The monoisotopic (exact) mass is 499 g/mol. The Morgan fingerprint density at radius 2 is 1.97 bits per heavy atom. The molecule has 1 heterocycles. The zero-order valence-corrected chi connectivity index (χ0v) is 20.6. The van der Waals surface area contributed by atoms with Crippen molar-refractivity contribution in [2.75, 3.05) is 11.6 Å². The van der Waals surface area contributed by atoms with Crippen molar-refractivity contribution in [3.63, 3.8) is 0 Å². The molecular formula is C28H31F2NO5. The Kier molecular flexibility index (Phi) is 4.80. The molecule has 3 saturated carbocycles.